The molecule has 0 radical (unpaired) electrons. The molecule has 2 aromatic carbocycles. The van der Waals surface area contributed by atoms with Gasteiger partial charge in [0.1, 0.15) is 5.82 Å². The van der Waals surface area contributed by atoms with Crippen molar-refractivity contribution in [2.45, 2.75) is 20.0 Å². The van der Waals surface area contributed by atoms with E-state index < -0.39 is 5.82 Å². The Hall–Kier alpha value is -4.37. The number of thiophene rings is 1. The van der Waals surface area contributed by atoms with Crippen molar-refractivity contribution >= 4 is 39.9 Å². The summed E-state index contributed by atoms with van der Waals surface area (Å²) in [7, 11) is 0. The van der Waals surface area contributed by atoms with Crippen LogP contribution < -0.4 is 10.6 Å². The number of fused-ring (bicyclic) bond motifs is 1. The zero-order chi connectivity index (χ0) is 25.1. The Morgan fingerprint density at radius 3 is 2.64 bits per heavy atom. The summed E-state index contributed by atoms with van der Waals surface area (Å²) in [6.07, 6.45) is 1.68. The summed E-state index contributed by atoms with van der Waals surface area (Å²) in [6, 6.07) is 18.3. The second-order valence-corrected chi connectivity index (χ2v) is 9.31. The van der Waals surface area contributed by atoms with Gasteiger partial charge in [0, 0.05) is 28.4 Å². The van der Waals surface area contributed by atoms with Crippen molar-refractivity contribution in [1.82, 2.24) is 20.1 Å². The first-order chi connectivity index (χ1) is 17.5. The number of hydrogen-bond acceptors (Lipinski definition) is 5. The van der Waals surface area contributed by atoms with Gasteiger partial charge in [0.05, 0.1) is 23.7 Å². The van der Waals surface area contributed by atoms with E-state index >= 15 is 0 Å². The van der Waals surface area contributed by atoms with Crippen molar-refractivity contribution in [3.8, 4) is 0 Å². The third kappa shape index (κ3) is 5.16. The number of amides is 2. The Labute approximate surface area is 210 Å². The summed E-state index contributed by atoms with van der Waals surface area (Å²) in [5.41, 5.74) is 3.65. The lowest BCUT2D eigenvalue weighted by atomic mass is 10.1. The largest absolute Gasteiger partial charge is 0.348 e. The number of aryl methyl sites for hydroxylation is 1. The van der Waals surface area contributed by atoms with Gasteiger partial charge in [0.25, 0.3) is 11.8 Å². The Morgan fingerprint density at radius 1 is 1.03 bits per heavy atom. The smallest absolute Gasteiger partial charge is 0.255 e. The summed E-state index contributed by atoms with van der Waals surface area (Å²) >= 11 is 1.64. The number of halogens is 1. The molecular weight excluding hydrogens is 477 g/mol. The van der Waals surface area contributed by atoms with Crippen molar-refractivity contribution in [1.29, 1.82) is 0 Å². The number of rotatable bonds is 7. The van der Waals surface area contributed by atoms with E-state index in [1.165, 1.54) is 24.3 Å². The lowest BCUT2D eigenvalue weighted by molar-refractivity contribution is 0.0951. The van der Waals surface area contributed by atoms with Crippen LogP contribution in [0.1, 0.15) is 36.9 Å². The molecule has 36 heavy (non-hydrogen) atoms. The van der Waals surface area contributed by atoms with E-state index in [-0.39, 0.29) is 18.4 Å². The van der Waals surface area contributed by atoms with E-state index in [1.807, 2.05) is 30.5 Å². The number of carbonyl (C=O) groups is 2. The molecule has 0 saturated heterocycles. The molecule has 2 N–H and O–H groups in total. The summed E-state index contributed by atoms with van der Waals surface area (Å²) in [4.78, 5) is 31.3. The van der Waals surface area contributed by atoms with Gasteiger partial charge in [0.2, 0.25) is 0 Å². The predicted octanol–water partition coefficient (Wildman–Crippen LogP) is 5.17. The first-order valence-corrected chi connectivity index (χ1v) is 12.1. The normalized spacial score (nSPS) is 10.9. The van der Waals surface area contributed by atoms with Crippen LogP contribution in [0.3, 0.4) is 0 Å². The van der Waals surface area contributed by atoms with Gasteiger partial charge in [-0.15, -0.1) is 11.3 Å². The fourth-order valence-corrected chi connectivity index (χ4v) is 4.55. The second-order valence-electron chi connectivity index (χ2n) is 8.27. The fourth-order valence-electron chi connectivity index (χ4n) is 3.87. The number of hydrogen-bond donors (Lipinski definition) is 2. The zero-order valence-corrected chi connectivity index (χ0v) is 20.2. The maximum atomic E-state index is 13.1. The summed E-state index contributed by atoms with van der Waals surface area (Å²) in [6.45, 7) is 2.71. The van der Waals surface area contributed by atoms with E-state index in [2.05, 4.69) is 20.7 Å². The highest BCUT2D eigenvalue weighted by Crippen LogP contribution is 2.21. The topological polar surface area (TPSA) is 88.9 Å². The predicted molar refractivity (Wildman–Crippen MR) is 138 cm³/mol. The number of nitrogens with zero attached hydrogens (tertiary/aromatic N) is 3. The van der Waals surface area contributed by atoms with E-state index in [1.54, 1.807) is 46.5 Å². The third-order valence-corrected chi connectivity index (χ3v) is 6.47. The fraction of sp³-hybridized carbons (Fsp3) is 0.111. The lowest BCUT2D eigenvalue weighted by Crippen LogP contribution is -2.23. The molecule has 5 aromatic rings. The minimum atomic E-state index is -0.402. The quantitative estimate of drug-likeness (QED) is 0.323. The van der Waals surface area contributed by atoms with Gasteiger partial charge in [-0.1, -0.05) is 18.2 Å². The van der Waals surface area contributed by atoms with E-state index in [9.17, 15) is 14.0 Å². The van der Waals surface area contributed by atoms with Crippen LogP contribution in [0, 0.1) is 12.7 Å². The molecule has 0 spiro atoms. The highest BCUT2D eigenvalue weighted by Gasteiger charge is 2.16. The van der Waals surface area contributed by atoms with E-state index in [0.29, 0.717) is 34.4 Å². The number of anilines is 1. The molecule has 0 bridgehead atoms. The average Bonchev–Trinajstić information content (AvgIpc) is 3.53. The van der Waals surface area contributed by atoms with Crippen LogP contribution in [-0.4, -0.2) is 26.6 Å². The van der Waals surface area contributed by atoms with Gasteiger partial charge in [-0.05, 0) is 66.4 Å². The van der Waals surface area contributed by atoms with Crippen LogP contribution in [0.15, 0.2) is 78.3 Å². The molecule has 0 aliphatic rings. The summed E-state index contributed by atoms with van der Waals surface area (Å²) in [5.74, 6) is -0.979. The first kappa shape index (κ1) is 23.4. The molecule has 0 atom stereocenters. The SMILES string of the molecule is Cc1cc(C(=O)NCc2cccc(NC(=O)c3ccc(F)cc3)c2)c2cnn(Cc3cccs3)c2n1. The number of benzene rings is 2. The van der Waals surface area contributed by atoms with Gasteiger partial charge < -0.3 is 10.6 Å². The van der Waals surface area contributed by atoms with Crippen molar-refractivity contribution in [3.05, 3.63) is 111 Å². The molecule has 5 rings (SSSR count). The average molecular weight is 500 g/mol. The molecular formula is C27H22FN5O2S. The molecule has 2 amide bonds. The lowest BCUT2D eigenvalue weighted by Gasteiger charge is -2.10. The molecule has 0 aliphatic carbocycles. The molecule has 0 fully saturated rings. The highest BCUT2D eigenvalue weighted by atomic mass is 32.1. The molecule has 7 nitrogen and oxygen atoms in total. The van der Waals surface area contributed by atoms with Gasteiger partial charge in [-0.3, -0.25) is 9.59 Å². The van der Waals surface area contributed by atoms with Gasteiger partial charge in [0.15, 0.2) is 5.65 Å². The minimum Gasteiger partial charge on any atom is -0.348 e. The maximum absolute atomic E-state index is 13.1. The third-order valence-electron chi connectivity index (χ3n) is 5.61. The van der Waals surface area contributed by atoms with E-state index in [4.69, 9.17) is 0 Å². The number of pyridine rings is 1. The van der Waals surface area contributed by atoms with Crippen LogP contribution >= 0.6 is 11.3 Å². The molecule has 0 aliphatic heterocycles. The van der Waals surface area contributed by atoms with E-state index in [0.717, 1.165) is 16.1 Å². The van der Waals surface area contributed by atoms with Crippen molar-refractivity contribution in [2.24, 2.45) is 0 Å². The molecule has 180 valence electrons. The van der Waals surface area contributed by atoms with Crippen LogP contribution in [0.4, 0.5) is 10.1 Å². The Balaban J connectivity index is 1.29. The highest BCUT2D eigenvalue weighted by molar-refractivity contribution is 7.09. The molecule has 3 aromatic heterocycles. The first-order valence-electron chi connectivity index (χ1n) is 11.3. The van der Waals surface area contributed by atoms with Crippen molar-refractivity contribution < 1.29 is 14.0 Å². The van der Waals surface area contributed by atoms with Crippen LogP contribution in [0.5, 0.6) is 0 Å². The van der Waals surface area contributed by atoms with Crippen LogP contribution in [0.25, 0.3) is 11.0 Å². The Morgan fingerprint density at radius 2 is 1.86 bits per heavy atom. The van der Waals surface area contributed by atoms with Crippen molar-refractivity contribution in [2.75, 3.05) is 5.32 Å². The maximum Gasteiger partial charge on any atom is 0.255 e. The second kappa shape index (κ2) is 10.1. The molecule has 3 heterocycles. The molecule has 9 heteroatoms. The molecule has 0 unspecified atom stereocenters. The number of nitrogens with one attached hydrogen (secondary N) is 2. The minimum absolute atomic E-state index is 0.234. The zero-order valence-electron chi connectivity index (χ0n) is 19.4. The van der Waals surface area contributed by atoms with Gasteiger partial charge in [-0.2, -0.15) is 5.10 Å². The molecule has 0 saturated carbocycles. The standard InChI is InChI=1S/C27H22FN5O2S/c1-17-12-23(24-15-30-33(25(24)31-17)16-22-6-3-11-36-22)27(35)29-14-18-4-2-5-21(13-18)32-26(34)19-7-9-20(28)10-8-19/h2-13,15H,14,16H2,1H3,(H,29,35)(H,32,34). The number of aromatic nitrogens is 3. The van der Waals surface area contributed by atoms with Gasteiger partial charge in [-0.25, -0.2) is 14.1 Å². The van der Waals surface area contributed by atoms with Gasteiger partial charge >= 0.3 is 0 Å². The van der Waals surface area contributed by atoms with Crippen LogP contribution in [-0.2, 0) is 13.1 Å². The van der Waals surface area contributed by atoms with Crippen molar-refractivity contribution in [3.63, 3.8) is 0 Å². The Kier molecular flexibility index (Phi) is 6.55. The monoisotopic (exact) mass is 499 g/mol. The van der Waals surface area contributed by atoms with Crippen LogP contribution in [0.2, 0.25) is 0 Å². The summed E-state index contributed by atoms with van der Waals surface area (Å²) < 4.78 is 14.9. The number of carbonyl (C=O) groups excluding carboxylic acids is 2. The Bertz CT molecular complexity index is 1540. The summed E-state index contributed by atoms with van der Waals surface area (Å²) in [5, 5.41) is 12.9.